The minimum Gasteiger partial charge on any atom is -0.393 e. The van der Waals surface area contributed by atoms with Crippen LogP contribution < -0.4 is 0 Å². The molecule has 0 heterocycles. The summed E-state index contributed by atoms with van der Waals surface area (Å²) < 4.78 is -0.277. The van der Waals surface area contributed by atoms with Crippen LogP contribution in [-0.4, -0.2) is 35.4 Å². The lowest BCUT2D eigenvalue weighted by Gasteiger charge is -2.59. The van der Waals surface area contributed by atoms with Crippen LogP contribution in [0, 0.1) is 28.6 Å². The Morgan fingerprint density at radius 3 is 2.67 bits per heavy atom. The van der Waals surface area contributed by atoms with Crippen LogP contribution in [0.25, 0.3) is 0 Å². The molecule has 4 aliphatic carbocycles. The van der Waals surface area contributed by atoms with Crippen molar-refractivity contribution < 1.29 is 19.8 Å². The second-order valence-electron chi connectivity index (χ2n) is 9.28. The molecular weight excluding hydrogens is 570 g/mol. The number of carbonyl (C=O) groups is 2. The van der Waals surface area contributed by atoms with Gasteiger partial charge in [0.15, 0.2) is 11.6 Å². The maximum absolute atomic E-state index is 12.9. The normalized spacial score (nSPS) is 48.7. The van der Waals surface area contributed by atoms with Gasteiger partial charge in [0.2, 0.25) is 0 Å². The highest BCUT2D eigenvalue weighted by Gasteiger charge is 2.68. The predicted molar refractivity (Wildman–Crippen MR) is 120 cm³/mol. The van der Waals surface area contributed by atoms with Crippen LogP contribution in [0.4, 0.5) is 0 Å². The van der Waals surface area contributed by atoms with E-state index in [1.54, 1.807) is 12.2 Å². The number of ketones is 2. The zero-order valence-corrected chi connectivity index (χ0v) is 19.9. The summed E-state index contributed by atoms with van der Waals surface area (Å²) in [6.45, 7) is 4.16. The van der Waals surface area contributed by atoms with Crippen molar-refractivity contribution >= 4 is 56.7 Å². The number of aliphatic hydroxyl groups excluding tert-OH is 1. The number of allylic oxidation sites excluding steroid dienone is 4. The Morgan fingerprint density at radius 1 is 1.30 bits per heavy atom. The minimum atomic E-state index is -1.36. The molecule has 0 aliphatic heterocycles. The van der Waals surface area contributed by atoms with E-state index in [1.807, 2.05) is 13.0 Å². The van der Waals surface area contributed by atoms with Crippen molar-refractivity contribution in [2.75, 3.05) is 0 Å². The summed E-state index contributed by atoms with van der Waals surface area (Å²) in [5.74, 6) is 0.433. The van der Waals surface area contributed by atoms with Crippen molar-refractivity contribution in [3.8, 4) is 0 Å². The van der Waals surface area contributed by atoms with E-state index in [4.69, 9.17) is 0 Å². The Balaban J connectivity index is 1.74. The fourth-order valence-electron chi connectivity index (χ4n) is 6.92. The fraction of sp³-hybridized carbons (Fsp3) is 0.714. The summed E-state index contributed by atoms with van der Waals surface area (Å²) in [4.78, 5) is 24.8. The monoisotopic (exact) mass is 596 g/mol. The van der Waals surface area contributed by atoms with E-state index in [0.29, 0.717) is 12.8 Å². The van der Waals surface area contributed by atoms with E-state index in [2.05, 4.69) is 52.1 Å². The molecule has 6 heteroatoms. The second-order valence-corrected chi connectivity index (χ2v) is 14.2. The number of carbonyl (C=O) groups excluding carboxylic acids is 2. The quantitative estimate of drug-likeness (QED) is 0.377. The first-order valence-corrected chi connectivity index (χ1v) is 12.2. The SMILES string of the molecule is C[C@]12C=CC(=O)C=C1CC[C@@H]1[C@@H]2[C@H](O)C[C@@]2(C)[C@H]1CC[C@]2(O)C(=O)C(I)I. The molecule has 7 atom stereocenters. The Bertz CT molecular complexity index is 759. The van der Waals surface area contributed by atoms with Crippen molar-refractivity contribution in [2.24, 2.45) is 28.6 Å². The largest absolute Gasteiger partial charge is 0.393 e. The molecule has 2 N–H and O–H groups in total. The van der Waals surface area contributed by atoms with E-state index in [-0.39, 0.29) is 36.7 Å². The highest BCUT2D eigenvalue weighted by atomic mass is 127. The van der Waals surface area contributed by atoms with E-state index < -0.39 is 17.1 Å². The number of halogens is 2. The number of hydrogen-bond acceptors (Lipinski definition) is 4. The van der Waals surface area contributed by atoms with Crippen molar-refractivity contribution in [2.45, 2.75) is 59.6 Å². The van der Waals surface area contributed by atoms with Crippen LogP contribution in [0.2, 0.25) is 0 Å². The Hall–Kier alpha value is 0.200. The fourth-order valence-corrected chi connectivity index (χ4v) is 7.95. The molecule has 0 amide bonds. The standard InChI is InChI=1S/C21H26I2O4/c1-19-7-5-12(24)9-11(19)3-4-13-14-6-8-21(27,17(26)18(22)23)20(14,2)10-15(25)16(13)19/h5,7,9,13-16,18,25,27H,3-4,6,8,10H2,1-2H3/t13-,14-,15+,16+,19-,20-,21-/m0/s1. The molecule has 0 radical (unpaired) electrons. The van der Waals surface area contributed by atoms with Gasteiger partial charge in [-0.15, -0.1) is 0 Å². The summed E-state index contributed by atoms with van der Waals surface area (Å²) >= 11 is 4.15. The van der Waals surface area contributed by atoms with Gasteiger partial charge in [-0.1, -0.05) is 70.7 Å². The molecule has 0 aromatic heterocycles. The highest BCUT2D eigenvalue weighted by molar-refractivity contribution is 14.2. The summed E-state index contributed by atoms with van der Waals surface area (Å²) in [6.07, 6.45) is 8.29. The number of fused-ring (bicyclic) bond motifs is 5. The molecule has 0 bridgehead atoms. The van der Waals surface area contributed by atoms with E-state index in [9.17, 15) is 19.8 Å². The average molecular weight is 596 g/mol. The van der Waals surface area contributed by atoms with E-state index in [1.165, 1.54) is 0 Å². The lowest BCUT2D eigenvalue weighted by Crippen LogP contribution is -2.62. The molecule has 3 fully saturated rings. The number of hydrogen-bond donors (Lipinski definition) is 2. The molecule has 4 rings (SSSR count). The molecule has 3 saturated carbocycles. The molecule has 27 heavy (non-hydrogen) atoms. The molecule has 148 valence electrons. The van der Waals surface area contributed by atoms with Crippen LogP contribution in [-0.2, 0) is 9.59 Å². The summed E-state index contributed by atoms with van der Waals surface area (Å²) in [7, 11) is 0. The summed E-state index contributed by atoms with van der Waals surface area (Å²) in [5, 5.41) is 22.8. The van der Waals surface area contributed by atoms with Crippen molar-refractivity contribution in [3.63, 3.8) is 0 Å². The van der Waals surface area contributed by atoms with Gasteiger partial charge in [-0.05, 0) is 56.1 Å². The Labute approximate surface area is 187 Å². The number of alkyl halides is 2. The summed E-state index contributed by atoms with van der Waals surface area (Å²) in [5.41, 5.74) is -1.13. The van der Waals surface area contributed by atoms with Crippen LogP contribution >= 0.6 is 45.2 Å². The zero-order valence-electron chi connectivity index (χ0n) is 15.6. The van der Waals surface area contributed by atoms with Gasteiger partial charge in [0.1, 0.15) is 7.53 Å². The minimum absolute atomic E-state index is 0.0343. The molecule has 0 spiro atoms. The van der Waals surface area contributed by atoms with E-state index in [0.717, 1.165) is 24.8 Å². The maximum Gasteiger partial charge on any atom is 0.187 e. The average Bonchev–Trinajstić information content (AvgIpc) is 2.86. The maximum atomic E-state index is 12.9. The van der Waals surface area contributed by atoms with Crippen LogP contribution in [0.15, 0.2) is 23.8 Å². The number of rotatable bonds is 2. The van der Waals surface area contributed by atoms with Gasteiger partial charge in [0.05, 0.1) is 6.10 Å². The van der Waals surface area contributed by atoms with E-state index >= 15 is 0 Å². The lowest BCUT2D eigenvalue weighted by atomic mass is 9.46. The number of aliphatic hydroxyl groups is 2. The van der Waals surface area contributed by atoms with Gasteiger partial charge in [0, 0.05) is 16.7 Å². The van der Waals surface area contributed by atoms with Gasteiger partial charge in [-0.25, -0.2) is 0 Å². The predicted octanol–water partition coefficient (Wildman–Crippen LogP) is 3.76. The molecule has 4 nitrogen and oxygen atoms in total. The summed E-state index contributed by atoms with van der Waals surface area (Å²) in [6, 6.07) is 0. The van der Waals surface area contributed by atoms with Crippen molar-refractivity contribution in [1.29, 1.82) is 0 Å². The third-order valence-electron chi connectivity index (χ3n) is 8.25. The van der Waals surface area contributed by atoms with Crippen molar-refractivity contribution in [1.82, 2.24) is 0 Å². The Morgan fingerprint density at radius 2 is 2.00 bits per heavy atom. The first-order chi connectivity index (χ1) is 12.5. The zero-order chi connectivity index (χ0) is 19.8. The Kier molecular flexibility index (Phi) is 5.01. The first kappa shape index (κ1) is 20.5. The topological polar surface area (TPSA) is 74.6 Å². The third-order valence-corrected chi connectivity index (χ3v) is 9.38. The van der Waals surface area contributed by atoms with Gasteiger partial charge in [-0.3, -0.25) is 9.59 Å². The molecule has 0 aromatic rings. The van der Waals surface area contributed by atoms with Gasteiger partial charge >= 0.3 is 0 Å². The van der Waals surface area contributed by atoms with Crippen LogP contribution in [0.5, 0.6) is 0 Å². The molecular formula is C21H26I2O4. The van der Waals surface area contributed by atoms with Gasteiger partial charge < -0.3 is 10.2 Å². The smallest absolute Gasteiger partial charge is 0.187 e. The van der Waals surface area contributed by atoms with Crippen LogP contribution in [0.1, 0.15) is 46.0 Å². The second kappa shape index (κ2) is 6.60. The lowest BCUT2D eigenvalue weighted by molar-refractivity contribution is -0.174. The van der Waals surface area contributed by atoms with Crippen LogP contribution in [0.3, 0.4) is 0 Å². The molecule has 0 aromatic carbocycles. The molecule has 0 unspecified atom stereocenters. The van der Waals surface area contributed by atoms with Crippen molar-refractivity contribution in [3.05, 3.63) is 23.8 Å². The van der Waals surface area contributed by atoms with Gasteiger partial charge in [0.25, 0.3) is 0 Å². The molecule has 0 saturated heterocycles. The first-order valence-electron chi connectivity index (χ1n) is 9.72. The molecule has 4 aliphatic rings. The van der Waals surface area contributed by atoms with Gasteiger partial charge in [-0.2, -0.15) is 0 Å². The third kappa shape index (κ3) is 2.71. The number of Topliss-reactive ketones (excluding diaryl/α,β-unsaturated/α-hetero) is 1. The highest BCUT2D eigenvalue weighted by Crippen LogP contribution is 2.67.